The van der Waals surface area contributed by atoms with Gasteiger partial charge in [-0.3, -0.25) is 0 Å². The molecule has 1 unspecified atom stereocenters. The van der Waals surface area contributed by atoms with Gasteiger partial charge in [-0.2, -0.15) is 0 Å². The van der Waals surface area contributed by atoms with Crippen LogP contribution in [0.4, 0.5) is 0 Å². The average Bonchev–Trinajstić information content (AvgIpc) is 2.52. The summed E-state index contributed by atoms with van der Waals surface area (Å²) in [6.45, 7) is 8.67. The standard InChI is InChI=1S/C11H24N2O2S/c1-11(2,3)5-7-13-16(14,15)9-10-4-6-12-8-10/h10,12-13H,4-9H2,1-3H3. The van der Waals surface area contributed by atoms with Gasteiger partial charge in [0.2, 0.25) is 10.0 Å². The Morgan fingerprint density at radius 3 is 2.56 bits per heavy atom. The van der Waals surface area contributed by atoms with Gasteiger partial charge in [-0.15, -0.1) is 0 Å². The Balaban J connectivity index is 2.28. The third-order valence-electron chi connectivity index (χ3n) is 2.81. The van der Waals surface area contributed by atoms with E-state index in [1.54, 1.807) is 0 Å². The zero-order valence-corrected chi connectivity index (χ0v) is 11.4. The quantitative estimate of drug-likeness (QED) is 0.761. The Kier molecular flexibility index (Phi) is 4.76. The number of hydrogen-bond acceptors (Lipinski definition) is 3. The van der Waals surface area contributed by atoms with Gasteiger partial charge in [-0.1, -0.05) is 20.8 Å². The van der Waals surface area contributed by atoms with E-state index >= 15 is 0 Å². The van der Waals surface area contributed by atoms with Crippen molar-refractivity contribution in [2.75, 3.05) is 25.4 Å². The van der Waals surface area contributed by atoms with E-state index in [-0.39, 0.29) is 17.1 Å². The van der Waals surface area contributed by atoms with Crippen molar-refractivity contribution in [3.05, 3.63) is 0 Å². The second-order valence-electron chi connectivity index (χ2n) is 5.85. The monoisotopic (exact) mass is 248 g/mol. The van der Waals surface area contributed by atoms with E-state index in [4.69, 9.17) is 0 Å². The van der Waals surface area contributed by atoms with Crippen molar-refractivity contribution in [1.29, 1.82) is 0 Å². The third-order valence-corrected chi connectivity index (χ3v) is 4.37. The van der Waals surface area contributed by atoms with Gasteiger partial charge in [-0.05, 0) is 37.3 Å². The van der Waals surface area contributed by atoms with Crippen molar-refractivity contribution in [3.8, 4) is 0 Å². The molecule has 1 rings (SSSR count). The minimum absolute atomic E-state index is 0.178. The van der Waals surface area contributed by atoms with E-state index in [0.717, 1.165) is 25.9 Å². The first-order valence-electron chi connectivity index (χ1n) is 5.97. The molecule has 1 aliphatic rings. The summed E-state index contributed by atoms with van der Waals surface area (Å²) in [6.07, 6.45) is 1.84. The van der Waals surface area contributed by atoms with Crippen molar-refractivity contribution in [2.45, 2.75) is 33.6 Å². The molecule has 1 aliphatic heterocycles. The molecule has 1 saturated heterocycles. The van der Waals surface area contributed by atoms with Gasteiger partial charge in [0.25, 0.3) is 0 Å². The van der Waals surface area contributed by atoms with Crippen LogP contribution in [0.25, 0.3) is 0 Å². The first-order valence-corrected chi connectivity index (χ1v) is 7.62. The Morgan fingerprint density at radius 2 is 2.06 bits per heavy atom. The molecule has 0 amide bonds. The van der Waals surface area contributed by atoms with Crippen LogP contribution in [0.5, 0.6) is 0 Å². The summed E-state index contributed by atoms with van der Waals surface area (Å²) in [5.41, 5.74) is 0.178. The lowest BCUT2D eigenvalue weighted by Crippen LogP contribution is -2.32. The molecule has 0 spiro atoms. The summed E-state index contributed by atoms with van der Waals surface area (Å²) in [6, 6.07) is 0. The molecule has 1 atom stereocenters. The first kappa shape index (κ1) is 13.9. The first-order chi connectivity index (χ1) is 7.29. The lowest BCUT2D eigenvalue weighted by atomic mass is 9.93. The van der Waals surface area contributed by atoms with Gasteiger partial charge >= 0.3 is 0 Å². The van der Waals surface area contributed by atoms with Crippen molar-refractivity contribution in [2.24, 2.45) is 11.3 Å². The highest BCUT2D eigenvalue weighted by molar-refractivity contribution is 7.89. The number of nitrogens with one attached hydrogen (secondary N) is 2. The van der Waals surface area contributed by atoms with Crippen LogP contribution in [0.1, 0.15) is 33.6 Å². The van der Waals surface area contributed by atoms with Crippen molar-refractivity contribution in [3.63, 3.8) is 0 Å². The predicted molar refractivity (Wildman–Crippen MR) is 66.8 cm³/mol. The fourth-order valence-corrected chi connectivity index (χ4v) is 3.24. The van der Waals surface area contributed by atoms with Crippen LogP contribution in [0.2, 0.25) is 0 Å². The van der Waals surface area contributed by atoms with Crippen molar-refractivity contribution < 1.29 is 8.42 Å². The highest BCUT2D eigenvalue weighted by Gasteiger charge is 2.22. The van der Waals surface area contributed by atoms with E-state index in [1.807, 2.05) is 0 Å². The minimum Gasteiger partial charge on any atom is -0.316 e. The molecular formula is C11H24N2O2S. The van der Waals surface area contributed by atoms with E-state index in [1.165, 1.54) is 0 Å². The van der Waals surface area contributed by atoms with Gasteiger partial charge in [0.05, 0.1) is 5.75 Å². The van der Waals surface area contributed by atoms with Crippen LogP contribution in [0.3, 0.4) is 0 Å². The lowest BCUT2D eigenvalue weighted by molar-refractivity contribution is 0.378. The van der Waals surface area contributed by atoms with Crippen molar-refractivity contribution in [1.82, 2.24) is 10.0 Å². The fourth-order valence-electron chi connectivity index (χ4n) is 1.81. The zero-order valence-electron chi connectivity index (χ0n) is 10.5. The van der Waals surface area contributed by atoms with E-state index in [2.05, 4.69) is 30.8 Å². The van der Waals surface area contributed by atoms with Crippen LogP contribution in [0.15, 0.2) is 0 Å². The minimum atomic E-state index is -3.08. The molecule has 0 aromatic heterocycles. The molecule has 0 saturated carbocycles. The number of rotatable bonds is 5. The van der Waals surface area contributed by atoms with E-state index in [9.17, 15) is 8.42 Å². The SMILES string of the molecule is CC(C)(C)CCNS(=O)(=O)CC1CCNC1. The normalized spacial score (nSPS) is 22.6. The molecule has 96 valence electrons. The molecule has 0 radical (unpaired) electrons. The zero-order chi connectivity index (χ0) is 12.2. The third kappa shape index (κ3) is 5.82. The smallest absolute Gasteiger partial charge is 0.211 e. The predicted octanol–water partition coefficient (Wildman–Crippen LogP) is 0.952. The van der Waals surface area contributed by atoms with Crippen LogP contribution in [-0.4, -0.2) is 33.8 Å². The lowest BCUT2D eigenvalue weighted by Gasteiger charge is -2.18. The maximum absolute atomic E-state index is 11.7. The van der Waals surface area contributed by atoms with Crippen LogP contribution in [-0.2, 0) is 10.0 Å². The van der Waals surface area contributed by atoms with E-state index in [0.29, 0.717) is 6.54 Å². The molecule has 2 N–H and O–H groups in total. The molecule has 0 aromatic rings. The molecule has 0 bridgehead atoms. The van der Waals surface area contributed by atoms with Gasteiger partial charge in [0.1, 0.15) is 0 Å². The summed E-state index contributed by atoms with van der Waals surface area (Å²) in [4.78, 5) is 0. The Labute approximate surface area is 99.2 Å². The fraction of sp³-hybridized carbons (Fsp3) is 1.00. The average molecular weight is 248 g/mol. The summed E-state index contributed by atoms with van der Waals surface area (Å²) < 4.78 is 26.2. The summed E-state index contributed by atoms with van der Waals surface area (Å²) in [5.74, 6) is 0.552. The number of sulfonamides is 1. The van der Waals surface area contributed by atoms with E-state index < -0.39 is 10.0 Å². The molecule has 0 aromatic carbocycles. The maximum Gasteiger partial charge on any atom is 0.211 e. The summed E-state index contributed by atoms with van der Waals surface area (Å²) in [7, 11) is -3.08. The van der Waals surface area contributed by atoms with Gasteiger partial charge in [-0.25, -0.2) is 13.1 Å². The van der Waals surface area contributed by atoms with Gasteiger partial charge in [0, 0.05) is 6.54 Å². The van der Waals surface area contributed by atoms with Crippen LogP contribution < -0.4 is 10.0 Å². The highest BCUT2D eigenvalue weighted by atomic mass is 32.2. The number of hydrogen-bond donors (Lipinski definition) is 2. The molecule has 1 heterocycles. The topological polar surface area (TPSA) is 58.2 Å². The molecular weight excluding hydrogens is 224 g/mol. The molecule has 0 aliphatic carbocycles. The van der Waals surface area contributed by atoms with Crippen LogP contribution >= 0.6 is 0 Å². The summed E-state index contributed by atoms with van der Waals surface area (Å²) in [5, 5.41) is 3.18. The molecule has 5 heteroatoms. The highest BCUT2D eigenvalue weighted by Crippen LogP contribution is 2.17. The summed E-state index contributed by atoms with van der Waals surface area (Å²) >= 11 is 0. The Bertz CT molecular complexity index is 300. The van der Waals surface area contributed by atoms with Gasteiger partial charge in [0.15, 0.2) is 0 Å². The molecule has 16 heavy (non-hydrogen) atoms. The second-order valence-corrected chi connectivity index (χ2v) is 7.70. The van der Waals surface area contributed by atoms with Crippen molar-refractivity contribution >= 4 is 10.0 Å². The largest absolute Gasteiger partial charge is 0.316 e. The Morgan fingerprint density at radius 1 is 1.38 bits per heavy atom. The maximum atomic E-state index is 11.7. The molecule has 4 nitrogen and oxygen atoms in total. The second kappa shape index (κ2) is 5.47. The molecule has 1 fully saturated rings. The van der Waals surface area contributed by atoms with Gasteiger partial charge < -0.3 is 5.32 Å². The van der Waals surface area contributed by atoms with Crippen LogP contribution in [0, 0.1) is 11.3 Å². The Hall–Kier alpha value is -0.130.